The van der Waals surface area contributed by atoms with Gasteiger partial charge in [-0.1, -0.05) is 25.7 Å². The highest BCUT2D eigenvalue weighted by Gasteiger charge is 2.13. The molecule has 0 heterocycles. The van der Waals surface area contributed by atoms with Gasteiger partial charge in [0.15, 0.2) is 0 Å². The van der Waals surface area contributed by atoms with Crippen LogP contribution in [0.3, 0.4) is 0 Å². The van der Waals surface area contributed by atoms with E-state index in [2.05, 4.69) is 12.2 Å². The zero-order chi connectivity index (χ0) is 10.2. The van der Waals surface area contributed by atoms with Gasteiger partial charge in [0.1, 0.15) is 0 Å². The van der Waals surface area contributed by atoms with Crippen LogP contribution < -0.4 is 5.32 Å². The van der Waals surface area contributed by atoms with Crippen LogP contribution in [-0.2, 0) is 4.74 Å². The smallest absolute Gasteiger partial charge is 0.0476 e. The fourth-order valence-electron chi connectivity index (χ4n) is 2.23. The van der Waals surface area contributed by atoms with Gasteiger partial charge in [0.05, 0.1) is 0 Å². The lowest BCUT2D eigenvalue weighted by molar-refractivity contribution is 0.182. The maximum absolute atomic E-state index is 5.09. The fraction of sp³-hybridized carbons (Fsp3) is 1.00. The summed E-state index contributed by atoms with van der Waals surface area (Å²) in [4.78, 5) is 0. The summed E-state index contributed by atoms with van der Waals surface area (Å²) < 4.78 is 5.09. The van der Waals surface area contributed by atoms with Gasteiger partial charge in [-0.05, 0) is 26.2 Å². The Morgan fingerprint density at radius 1 is 1.21 bits per heavy atom. The maximum Gasteiger partial charge on any atom is 0.0476 e. The molecule has 1 N–H and O–H groups in total. The maximum atomic E-state index is 5.09. The van der Waals surface area contributed by atoms with Crippen LogP contribution >= 0.6 is 0 Å². The first kappa shape index (κ1) is 12.0. The molecule has 1 fully saturated rings. The van der Waals surface area contributed by atoms with E-state index in [4.69, 9.17) is 4.74 Å². The van der Waals surface area contributed by atoms with Gasteiger partial charge in [0, 0.05) is 25.8 Å². The van der Waals surface area contributed by atoms with Crippen LogP contribution in [0.25, 0.3) is 0 Å². The zero-order valence-corrected chi connectivity index (χ0v) is 9.72. The molecule has 1 atom stereocenters. The highest BCUT2D eigenvalue weighted by atomic mass is 16.5. The average molecular weight is 199 g/mol. The molecule has 1 aliphatic carbocycles. The Hall–Kier alpha value is -0.0800. The fourth-order valence-corrected chi connectivity index (χ4v) is 2.23. The van der Waals surface area contributed by atoms with Gasteiger partial charge in [-0.2, -0.15) is 0 Å². The highest BCUT2D eigenvalue weighted by Crippen LogP contribution is 2.17. The second-order valence-electron chi connectivity index (χ2n) is 4.54. The van der Waals surface area contributed by atoms with Gasteiger partial charge < -0.3 is 10.1 Å². The van der Waals surface area contributed by atoms with Crippen molar-refractivity contribution in [2.45, 2.75) is 64.0 Å². The summed E-state index contributed by atoms with van der Waals surface area (Å²) in [5, 5.41) is 3.71. The van der Waals surface area contributed by atoms with E-state index >= 15 is 0 Å². The summed E-state index contributed by atoms with van der Waals surface area (Å²) in [6.07, 6.45) is 9.57. The summed E-state index contributed by atoms with van der Waals surface area (Å²) in [6.45, 7) is 3.14. The molecule has 0 spiro atoms. The van der Waals surface area contributed by atoms with Gasteiger partial charge in [-0.15, -0.1) is 0 Å². The molecule has 0 bridgehead atoms. The van der Waals surface area contributed by atoms with Gasteiger partial charge in [0.2, 0.25) is 0 Å². The monoisotopic (exact) mass is 199 g/mol. The molecule has 0 radical (unpaired) electrons. The van der Waals surface area contributed by atoms with E-state index in [1.807, 2.05) is 0 Å². The minimum atomic E-state index is 0.609. The van der Waals surface area contributed by atoms with E-state index in [0.717, 1.165) is 19.1 Å². The lowest BCUT2D eigenvalue weighted by Crippen LogP contribution is -2.36. The Morgan fingerprint density at radius 2 is 1.86 bits per heavy atom. The van der Waals surface area contributed by atoms with Crippen LogP contribution in [0.15, 0.2) is 0 Å². The Kier molecular flexibility index (Phi) is 6.20. The van der Waals surface area contributed by atoms with E-state index in [1.165, 1.54) is 38.5 Å². The lowest BCUT2D eigenvalue weighted by atomic mass is 10.1. The van der Waals surface area contributed by atoms with Crippen molar-refractivity contribution in [3.05, 3.63) is 0 Å². The molecule has 0 aromatic carbocycles. The Bertz CT molecular complexity index is 130. The molecule has 14 heavy (non-hydrogen) atoms. The summed E-state index contributed by atoms with van der Waals surface area (Å²) >= 11 is 0. The predicted octanol–water partition coefficient (Wildman–Crippen LogP) is 2.72. The second kappa shape index (κ2) is 7.24. The van der Waals surface area contributed by atoms with Crippen LogP contribution in [0.2, 0.25) is 0 Å². The number of ether oxygens (including phenoxy) is 1. The molecule has 0 amide bonds. The van der Waals surface area contributed by atoms with Crippen molar-refractivity contribution in [3.63, 3.8) is 0 Å². The van der Waals surface area contributed by atoms with Crippen molar-refractivity contribution < 1.29 is 4.74 Å². The third-order valence-corrected chi connectivity index (χ3v) is 3.13. The molecule has 1 aliphatic rings. The summed E-state index contributed by atoms with van der Waals surface area (Å²) in [6, 6.07) is 1.38. The quantitative estimate of drug-likeness (QED) is 0.687. The Morgan fingerprint density at radius 3 is 2.43 bits per heavy atom. The first-order valence-electron chi connectivity index (χ1n) is 6.08. The van der Waals surface area contributed by atoms with E-state index in [9.17, 15) is 0 Å². The molecule has 1 rings (SSSR count). The number of methoxy groups -OCH3 is 1. The standard InChI is InChI=1S/C12H25NO/c1-11(9-10-14-2)13-12-7-5-3-4-6-8-12/h11-13H,3-10H2,1-2H3. The van der Waals surface area contributed by atoms with Crippen molar-refractivity contribution in [3.8, 4) is 0 Å². The molecular formula is C12H25NO. The number of hydrogen-bond donors (Lipinski definition) is 1. The van der Waals surface area contributed by atoms with E-state index in [1.54, 1.807) is 7.11 Å². The molecule has 0 aromatic heterocycles. The first-order chi connectivity index (χ1) is 6.83. The first-order valence-corrected chi connectivity index (χ1v) is 6.08. The highest BCUT2D eigenvalue weighted by molar-refractivity contribution is 4.74. The molecule has 84 valence electrons. The summed E-state index contributed by atoms with van der Waals surface area (Å²) in [5.74, 6) is 0. The molecule has 0 saturated heterocycles. The summed E-state index contributed by atoms with van der Waals surface area (Å²) in [5.41, 5.74) is 0. The number of rotatable bonds is 5. The molecule has 1 saturated carbocycles. The normalized spacial score (nSPS) is 21.9. The Balaban J connectivity index is 2.13. The van der Waals surface area contributed by atoms with Crippen molar-refractivity contribution >= 4 is 0 Å². The third-order valence-electron chi connectivity index (χ3n) is 3.13. The number of nitrogens with one attached hydrogen (secondary N) is 1. The van der Waals surface area contributed by atoms with Gasteiger partial charge in [-0.3, -0.25) is 0 Å². The van der Waals surface area contributed by atoms with Crippen molar-refractivity contribution in [2.24, 2.45) is 0 Å². The van der Waals surface area contributed by atoms with Gasteiger partial charge in [0.25, 0.3) is 0 Å². The minimum absolute atomic E-state index is 0.609. The second-order valence-corrected chi connectivity index (χ2v) is 4.54. The van der Waals surface area contributed by atoms with Gasteiger partial charge in [-0.25, -0.2) is 0 Å². The molecule has 1 unspecified atom stereocenters. The molecule has 2 heteroatoms. The van der Waals surface area contributed by atoms with Crippen LogP contribution in [0.4, 0.5) is 0 Å². The van der Waals surface area contributed by atoms with E-state index in [-0.39, 0.29) is 0 Å². The van der Waals surface area contributed by atoms with Crippen LogP contribution in [0.5, 0.6) is 0 Å². The Labute approximate surface area is 88.4 Å². The third kappa shape index (κ3) is 4.97. The van der Waals surface area contributed by atoms with Crippen molar-refractivity contribution in [1.29, 1.82) is 0 Å². The number of hydrogen-bond acceptors (Lipinski definition) is 2. The van der Waals surface area contributed by atoms with Crippen LogP contribution in [-0.4, -0.2) is 25.8 Å². The average Bonchev–Trinajstić information content (AvgIpc) is 2.43. The van der Waals surface area contributed by atoms with E-state index in [0.29, 0.717) is 6.04 Å². The molecule has 0 aromatic rings. The SMILES string of the molecule is COCCC(C)NC1CCCCCC1. The van der Waals surface area contributed by atoms with Crippen LogP contribution in [0, 0.1) is 0 Å². The minimum Gasteiger partial charge on any atom is -0.385 e. The van der Waals surface area contributed by atoms with Gasteiger partial charge >= 0.3 is 0 Å². The predicted molar refractivity (Wildman–Crippen MR) is 60.6 cm³/mol. The molecule has 2 nitrogen and oxygen atoms in total. The van der Waals surface area contributed by atoms with Crippen LogP contribution in [0.1, 0.15) is 51.9 Å². The molecule has 0 aliphatic heterocycles. The largest absolute Gasteiger partial charge is 0.385 e. The molecular weight excluding hydrogens is 174 g/mol. The van der Waals surface area contributed by atoms with Crippen molar-refractivity contribution in [1.82, 2.24) is 5.32 Å². The topological polar surface area (TPSA) is 21.3 Å². The zero-order valence-electron chi connectivity index (χ0n) is 9.72. The van der Waals surface area contributed by atoms with Crippen molar-refractivity contribution in [2.75, 3.05) is 13.7 Å². The summed E-state index contributed by atoms with van der Waals surface area (Å²) in [7, 11) is 1.78. The van der Waals surface area contributed by atoms with E-state index < -0.39 is 0 Å². The lowest BCUT2D eigenvalue weighted by Gasteiger charge is -2.21.